The van der Waals surface area contributed by atoms with E-state index < -0.39 is 11.9 Å². The lowest BCUT2D eigenvalue weighted by Gasteiger charge is -2.08. The van der Waals surface area contributed by atoms with Gasteiger partial charge in [-0.05, 0) is 43.0 Å². The van der Waals surface area contributed by atoms with Crippen LogP contribution in [0.5, 0.6) is 0 Å². The Morgan fingerprint density at radius 2 is 1.97 bits per heavy atom. The summed E-state index contributed by atoms with van der Waals surface area (Å²) < 4.78 is 11.8. The normalized spacial score (nSPS) is 11.1. The Hall–Kier alpha value is -3.00. The summed E-state index contributed by atoms with van der Waals surface area (Å²) in [6.07, 6.45) is 1.46. The van der Waals surface area contributed by atoms with Crippen molar-refractivity contribution >= 4 is 33.5 Å². The number of nitrogens with zero attached hydrogens (tertiary/aromatic N) is 2. The number of benzene rings is 1. The quantitative estimate of drug-likeness (QED) is 0.532. The van der Waals surface area contributed by atoms with Gasteiger partial charge >= 0.3 is 11.9 Å². The first-order valence-corrected chi connectivity index (χ1v) is 10.5. The van der Waals surface area contributed by atoms with E-state index in [-0.39, 0.29) is 18.0 Å². The fraction of sp³-hybridized carbons (Fsp3) is 0.364. The third-order valence-corrected chi connectivity index (χ3v) is 5.62. The third kappa shape index (κ3) is 4.59. The van der Waals surface area contributed by atoms with Crippen LogP contribution in [0.1, 0.15) is 51.9 Å². The number of rotatable bonds is 7. The molecule has 0 atom stereocenters. The van der Waals surface area contributed by atoms with Gasteiger partial charge in [-0.1, -0.05) is 26.0 Å². The number of aromatic nitrogens is 2. The summed E-state index contributed by atoms with van der Waals surface area (Å²) in [6.45, 7) is 8.27. The monoisotopic (exact) mass is 428 g/mol. The molecule has 0 bridgehead atoms. The van der Waals surface area contributed by atoms with Gasteiger partial charge in [0.05, 0.1) is 37.0 Å². The zero-order valence-corrected chi connectivity index (χ0v) is 18.2. The summed E-state index contributed by atoms with van der Waals surface area (Å²) in [5.41, 5.74) is 1.54. The Bertz CT molecular complexity index is 1150. The topological polar surface area (TPSA) is 87.5 Å². The molecule has 0 saturated carbocycles. The van der Waals surface area contributed by atoms with Crippen LogP contribution in [-0.2, 0) is 16.0 Å². The molecular formula is C22H24N2O5S. The molecule has 1 aromatic carbocycles. The van der Waals surface area contributed by atoms with Gasteiger partial charge in [0.15, 0.2) is 0 Å². The van der Waals surface area contributed by atoms with Crippen molar-refractivity contribution in [2.45, 2.75) is 34.2 Å². The molecule has 0 N–H and O–H groups in total. The number of aryl methyl sites for hydroxylation is 1. The molecule has 8 heteroatoms. The molecule has 2 aromatic heterocycles. The standard InChI is InChI=1S/C22H24N2O5S/c1-5-28-21(26)16-8-6-7-15(9-16)10-24-12-23-19-17(20(24)25)14(4)18(30-19)22(27)29-11-13(2)3/h6-9,12-13H,5,10-11H2,1-4H3. The molecule has 3 rings (SSSR count). The van der Waals surface area contributed by atoms with Crippen LogP contribution in [0.3, 0.4) is 0 Å². The SMILES string of the molecule is CCOC(=O)c1cccc(Cn2cnc3sc(C(=O)OCC(C)C)c(C)c3c2=O)c1. The van der Waals surface area contributed by atoms with Crippen LogP contribution in [0.2, 0.25) is 0 Å². The van der Waals surface area contributed by atoms with Crippen LogP contribution in [0.25, 0.3) is 10.2 Å². The molecule has 0 radical (unpaired) electrons. The van der Waals surface area contributed by atoms with E-state index in [2.05, 4.69) is 4.98 Å². The molecular weight excluding hydrogens is 404 g/mol. The second-order valence-electron chi connectivity index (χ2n) is 7.33. The van der Waals surface area contributed by atoms with Crippen molar-refractivity contribution < 1.29 is 19.1 Å². The van der Waals surface area contributed by atoms with Crippen molar-refractivity contribution in [3.63, 3.8) is 0 Å². The van der Waals surface area contributed by atoms with E-state index >= 15 is 0 Å². The number of hydrogen-bond donors (Lipinski definition) is 0. The highest BCUT2D eigenvalue weighted by atomic mass is 32.1. The number of fused-ring (bicyclic) bond motifs is 1. The first kappa shape index (κ1) is 21.7. The average molecular weight is 429 g/mol. The lowest BCUT2D eigenvalue weighted by atomic mass is 10.1. The van der Waals surface area contributed by atoms with Gasteiger partial charge in [0, 0.05) is 0 Å². The summed E-state index contributed by atoms with van der Waals surface area (Å²) in [4.78, 5) is 42.7. The number of hydrogen-bond acceptors (Lipinski definition) is 7. The van der Waals surface area contributed by atoms with Gasteiger partial charge in [0.1, 0.15) is 9.71 Å². The maximum Gasteiger partial charge on any atom is 0.348 e. The maximum absolute atomic E-state index is 13.1. The summed E-state index contributed by atoms with van der Waals surface area (Å²) in [6, 6.07) is 6.94. The van der Waals surface area contributed by atoms with Crippen LogP contribution in [-0.4, -0.2) is 34.7 Å². The Balaban J connectivity index is 1.92. The summed E-state index contributed by atoms with van der Waals surface area (Å²) in [5.74, 6) is -0.611. The van der Waals surface area contributed by atoms with Gasteiger partial charge in [-0.25, -0.2) is 14.6 Å². The zero-order valence-electron chi connectivity index (χ0n) is 17.4. The van der Waals surface area contributed by atoms with Crippen molar-refractivity contribution in [1.29, 1.82) is 0 Å². The predicted molar refractivity (Wildman–Crippen MR) is 115 cm³/mol. The zero-order chi connectivity index (χ0) is 21.8. The summed E-state index contributed by atoms with van der Waals surface area (Å²) >= 11 is 1.16. The third-order valence-electron chi connectivity index (χ3n) is 4.44. The highest BCUT2D eigenvalue weighted by Gasteiger charge is 2.21. The van der Waals surface area contributed by atoms with Crippen molar-refractivity contribution in [3.05, 3.63) is 62.5 Å². The van der Waals surface area contributed by atoms with Gasteiger partial charge < -0.3 is 9.47 Å². The second kappa shape index (κ2) is 9.21. The van der Waals surface area contributed by atoms with Crippen molar-refractivity contribution in [3.8, 4) is 0 Å². The highest BCUT2D eigenvalue weighted by Crippen LogP contribution is 2.27. The fourth-order valence-corrected chi connectivity index (χ4v) is 4.02. The Morgan fingerprint density at radius 3 is 2.67 bits per heavy atom. The Morgan fingerprint density at radius 1 is 1.20 bits per heavy atom. The van der Waals surface area contributed by atoms with Gasteiger partial charge in [0.2, 0.25) is 0 Å². The molecule has 3 aromatic rings. The first-order valence-electron chi connectivity index (χ1n) is 9.73. The minimum atomic E-state index is -0.433. The fourth-order valence-electron chi connectivity index (χ4n) is 2.98. The average Bonchev–Trinajstić information content (AvgIpc) is 3.06. The largest absolute Gasteiger partial charge is 0.462 e. The van der Waals surface area contributed by atoms with Crippen LogP contribution < -0.4 is 5.56 Å². The van der Waals surface area contributed by atoms with E-state index in [0.29, 0.717) is 39.4 Å². The summed E-state index contributed by atoms with van der Waals surface area (Å²) in [7, 11) is 0. The maximum atomic E-state index is 13.1. The predicted octanol–water partition coefficient (Wildman–Crippen LogP) is 3.80. The van der Waals surface area contributed by atoms with Crippen molar-refractivity contribution in [2.75, 3.05) is 13.2 Å². The summed E-state index contributed by atoms with van der Waals surface area (Å²) in [5, 5.41) is 0.417. The number of ether oxygens (including phenoxy) is 2. The molecule has 0 spiro atoms. The van der Waals surface area contributed by atoms with Crippen molar-refractivity contribution in [1.82, 2.24) is 9.55 Å². The molecule has 0 unspecified atom stereocenters. The molecule has 0 aliphatic rings. The molecule has 2 heterocycles. The van der Waals surface area contributed by atoms with Gasteiger partial charge in [-0.3, -0.25) is 9.36 Å². The number of carbonyl (C=O) groups is 2. The van der Waals surface area contributed by atoms with Crippen LogP contribution in [0.4, 0.5) is 0 Å². The molecule has 0 saturated heterocycles. The molecule has 30 heavy (non-hydrogen) atoms. The van der Waals surface area contributed by atoms with E-state index in [1.165, 1.54) is 10.9 Å². The van der Waals surface area contributed by atoms with E-state index in [9.17, 15) is 14.4 Å². The first-order chi connectivity index (χ1) is 14.3. The van der Waals surface area contributed by atoms with Crippen molar-refractivity contribution in [2.24, 2.45) is 5.92 Å². The molecule has 0 amide bonds. The number of carbonyl (C=O) groups excluding carboxylic acids is 2. The molecule has 7 nitrogen and oxygen atoms in total. The van der Waals surface area contributed by atoms with E-state index in [1.807, 2.05) is 19.9 Å². The van der Waals surface area contributed by atoms with E-state index in [0.717, 1.165) is 16.9 Å². The molecule has 0 fully saturated rings. The Labute approximate surface area is 178 Å². The smallest absolute Gasteiger partial charge is 0.348 e. The van der Waals surface area contributed by atoms with Gasteiger partial charge in [-0.15, -0.1) is 11.3 Å². The number of esters is 2. The van der Waals surface area contributed by atoms with Crippen LogP contribution in [0, 0.1) is 12.8 Å². The minimum absolute atomic E-state index is 0.226. The second-order valence-corrected chi connectivity index (χ2v) is 8.33. The molecule has 0 aliphatic carbocycles. The van der Waals surface area contributed by atoms with Crippen LogP contribution in [0.15, 0.2) is 35.4 Å². The minimum Gasteiger partial charge on any atom is -0.462 e. The number of thiophene rings is 1. The molecule has 0 aliphatic heterocycles. The van der Waals surface area contributed by atoms with E-state index in [1.54, 1.807) is 32.0 Å². The highest BCUT2D eigenvalue weighted by molar-refractivity contribution is 7.20. The van der Waals surface area contributed by atoms with Gasteiger partial charge in [0.25, 0.3) is 5.56 Å². The van der Waals surface area contributed by atoms with Crippen LogP contribution >= 0.6 is 11.3 Å². The van der Waals surface area contributed by atoms with E-state index in [4.69, 9.17) is 9.47 Å². The molecule has 158 valence electrons. The van der Waals surface area contributed by atoms with Gasteiger partial charge in [-0.2, -0.15) is 0 Å². The lowest BCUT2D eigenvalue weighted by Crippen LogP contribution is -2.21. The lowest BCUT2D eigenvalue weighted by molar-refractivity contribution is 0.0463. The Kier molecular flexibility index (Phi) is 6.66.